The van der Waals surface area contributed by atoms with E-state index in [4.69, 9.17) is 4.74 Å². The van der Waals surface area contributed by atoms with Gasteiger partial charge in [0, 0.05) is 31.6 Å². The number of Topliss-reactive ketones (excluding diaryl/α,β-unsaturated/α-hetero) is 2. The molecule has 0 N–H and O–H groups in total. The Bertz CT molecular complexity index is 699. The van der Waals surface area contributed by atoms with E-state index in [-0.39, 0.29) is 22.7 Å². The van der Waals surface area contributed by atoms with Gasteiger partial charge in [0.15, 0.2) is 0 Å². The zero-order chi connectivity index (χ0) is 21.0. The van der Waals surface area contributed by atoms with Gasteiger partial charge < -0.3 is 4.74 Å². The van der Waals surface area contributed by atoms with E-state index in [9.17, 15) is 14.4 Å². The molecule has 0 amide bonds. The van der Waals surface area contributed by atoms with Crippen LogP contribution in [0.5, 0.6) is 0 Å². The number of carbonyl (C=O) groups excluding carboxylic acids is 3. The van der Waals surface area contributed by atoms with Gasteiger partial charge >= 0.3 is 5.97 Å². The van der Waals surface area contributed by atoms with Gasteiger partial charge in [0.25, 0.3) is 0 Å². The first-order chi connectivity index (χ1) is 13.7. The van der Waals surface area contributed by atoms with Gasteiger partial charge in [0.05, 0.1) is 7.11 Å². The van der Waals surface area contributed by atoms with Gasteiger partial charge in [-0.2, -0.15) is 0 Å². The molecular formula is C25H38O4. The number of esters is 1. The Kier molecular flexibility index (Phi) is 5.44. The second kappa shape index (κ2) is 7.50. The van der Waals surface area contributed by atoms with Crippen molar-refractivity contribution in [1.82, 2.24) is 0 Å². The van der Waals surface area contributed by atoms with Gasteiger partial charge in [-0.25, -0.2) is 0 Å². The SMILES string of the molecule is COC(=O)CCC(C)[C@H]1CCC2C3CC(=O)[C@@H]4CC(=O)CC[C@]4(C)C3CC[C@@]21C. The topological polar surface area (TPSA) is 60.4 Å². The molecule has 0 aromatic heterocycles. The van der Waals surface area contributed by atoms with Crippen LogP contribution in [-0.2, 0) is 19.1 Å². The first kappa shape index (κ1) is 21.1. The second-order valence-electron chi connectivity index (χ2n) is 11.2. The average Bonchev–Trinajstić information content (AvgIpc) is 3.05. The highest BCUT2D eigenvalue weighted by molar-refractivity contribution is 5.90. The summed E-state index contributed by atoms with van der Waals surface area (Å²) in [6, 6.07) is 0. The minimum Gasteiger partial charge on any atom is -0.469 e. The normalized spacial score (nSPS) is 45.2. The highest BCUT2D eigenvalue weighted by Gasteiger charge is 2.62. The smallest absolute Gasteiger partial charge is 0.305 e. The molecule has 4 nitrogen and oxygen atoms in total. The summed E-state index contributed by atoms with van der Waals surface area (Å²) in [5, 5.41) is 0. The Morgan fingerprint density at radius 1 is 1.07 bits per heavy atom. The van der Waals surface area contributed by atoms with Crippen molar-refractivity contribution < 1.29 is 19.1 Å². The predicted octanol–water partition coefficient (Wildman–Crippen LogP) is 4.98. The molecule has 0 bridgehead atoms. The number of rotatable bonds is 4. The Morgan fingerprint density at radius 2 is 1.79 bits per heavy atom. The van der Waals surface area contributed by atoms with Crippen LogP contribution in [0.2, 0.25) is 0 Å². The Labute approximate surface area is 175 Å². The maximum Gasteiger partial charge on any atom is 0.305 e. The van der Waals surface area contributed by atoms with E-state index in [1.165, 1.54) is 32.8 Å². The molecule has 0 radical (unpaired) electrons. The van der Waals surface area contributed by atoms with E-state index in [2.05, 4.69) is 20.8 Å². The van der Waals surface area contributed by atoms with Gasteiger partial charge in [0.1, 0.15) is 11.6 Å². The van der Waals surface area contributed by atoms with Crippen LogP contribution in [0.3, 0.4) is 0 Å². The van der Waals surface area contributed by atoms with Crippen LogP contribution in [0, 0.1) is 46.3 Å². The van der Waals surface area contributed by atoms with E-state index in [0.717, 1.165) is 12.8 Å². The van der Waals surface area contributed by atoms with Crippen molar-refractivity contribution in [3.63, 3.8) is 0 Å². The lowest BCUT2D eigenvalue weighted by Crippen LogP contribution is -2.56. The molecule has 0 spiro atoms. The zero-order valence-corrected chi connectivity index (χ0v) is 18.7. The first-order valence-electron chi connectivity index (χ1n) is 11.8. The molecule has 29 heavy (non-hydrogen) atoms. The minimum absolute atomic E-state index is 0.0227. The zero-order valence-electron chi connectivity index (χ0n) is 18.7. The van der Waals surface area contributed by atoms with Gasteiger partial charge in [0.2, 0.25) is 0 Å². The number of ether oxygens (including phenoxy) is 1. The fourth-order valence-electron chi connectivity index (χ4n) is 8.46. The van der Waals surface area contributed by atoms with Crippen molar-refractivity contribution in [2.75, 3.05) is 7.11 Å². The molecule has 8 atom stereocenters. The highest BCUT2D eigenvalue weighted by Crippen LogP contribution is 2.67. The number of fused-ring (bicyclic) bond motifs is 5. The Hall–Kier alpha value is -1.19. The number of carbonyl (C=O) groups is 3. The van der Waals surface area contributed by atoms with E-state index in [1.54, 1.807) is 0 Å². The third-order valence-corrected chi connectivity index (χ3v) is 10.1. The number of hydrogen-bond donors (Lipinski definition) is 0. The fourth-order valence-corrected chi connectivity index (χ4v) is 8.46. The molecule has 4 saturated carbocycles. The van der Waals surface area contributed by atoms with E-state index < -0.39 is 0 Å². The number of methoxy groups -OCH3 is 1. The van der Waals surface area contributed by atoms with Crippen molar-refractivity contribution >= 4 is 17.5 Å². The standard InChI is InChI=1S/C25H38O4/c1-15(5-8-23(28)29-4)18-6-7-19-17-14-22(27)21-13-16(26)9-11-25(21,3)20(17)10-12-24(18,19)2/h15,17-21H,5-14H2,1-4H3/t15?,17?,18-,19?,20?,21+,24-,25-/m1/s1. The third kappa shape index (κ3) is 3.29. The van der Waals surface area contributed by atoms with Crippen molar-refractivity contribution in [1.29, 1.82) is 0 Å². The summed E-state index contributed by atoms with van der Waals surface area (Å²) < 4.78 is 4.85. The molecule has 0 saturated heterocycles. The quantitative estimate of drug-likeness (QED) is 0.622. The van der Waals surface area contributed by atoms with Crippen molar-refractivity contribution in [2.24, 2.45) is 46.3 Å². The number of ketones is 2. The molecule has 4 fully saturated rings. The van der Waals surface area contributed by atoms with Crippen LogP contribution < -0.4 is 0 Å². The molecule has 162 valence electrons. The molecule has 4 heteroatoms. The van der Waals surface area contributed by atoms with Gasteiger partial charge in [-0.1, -0.05) is 20.8 Å². The molecule has 4 rings (SSSR count). The summed E-state index contributed by atoms with van der Waals surface area (Å²) >= 11 is 0. The lowest BCUT2D eigenvalue weighted by atomic mass is 9.44. The average molecular weight is 403 g/mol. The molecule has 0 aromatic carbocycles. The molecule has 0 aliphatic heterocycles. The maximum atomic E-state index is 13.1. The summed E-state index contributed by atoms with van der Waals surface area (Å²) in [5.74, 6) is 3.38. The summed E-state index contributed by atoms with van der Waals surface area (Å²) in [4.78, 5) is 36.8. The van der Waals surface area contributed by atoms with Crippen LogP contribution in [0.4, 0.5) is 0 Å². The highest BCUT2D eigenvalue weighted by atomic mass is 16.5. The lowest BCUT2D eigenvalue weighted by molar-refractivity contribution is -0.159. The van der Waals surface area contributed by atoms with Crippen LogP contribution in [0.15, 0.2) is 0 Å². The summed E-state index contributed by atoms with van der Waals surface area (Å²) in [6.07, 6.45) is 9.04. The predicted molar refractivity (Wildman–Crippen MR) is 111 cm³/mol. The second-order valence-corrected chi connectivity index (χ2v) is 11.2. The van der Waals surface area contributed by atoms with Crippen LogP contribution >= 0.6 is 0 Å². The van der Waals surface area contributed by atoms with Crippen LogP contribution in [-0.4, -0.2) is 24.6 Å². The van der Waals surface area contributed by atoms with Gasteiger partial charge in [-0.3, -0.25) is 14.4 Å². The van der Waals surface area contributed by atoms with E-state index in [1.807, 2.05) is 0 Å². The molecule has 4 aliphatic rings. The Balaban J connectivity index is 1.53. The molecule has 0 aromatic rings. The molecule has 0 heterocycles. The Morgan fingerprint density at radius 3 is 2.52 bits per heavy atom. The van der Waals surface area contributed by atoms with Crippen molar-refractivity contribution in [3.8, 4) is 0 Å². The van der Waals surface area contributed by atoms with E-state index in [0.29, 0.717) is 66.8 Å². The summed E-state index contributed by atoms with van der Waals surface area (Å²) in [7, 11) is 1.47. The first-order valence-corrected chi connectivity index (χ1v) is 11.8. The van der Waals surface area contributed by atoms with Crippen LogP contribution in [0.1, 0.15) is 85.0 Å². The summed E-state index contributed by atoms with van der Waals surface area (Å²) in [5.41, 5.74) is 0.314. The number of hydrogen-bond acceptors (Lipinski definition) is 4. The van der Waals surface area contributed by atoms with E-state index >= 15 is 0 Å². The maximum absolute atomic E-state index is 13.1. The third-order valence-electron chi connectivity index (χ3n) is 10.1. The van der Waals surface area contributed by atoms with Gasteiger partial charge in [-0.15, -0.1) is 0 Å². The van der Waals surface area contributed by atoms with Crippen molar-refractivity contribution in [2.45, 2.75) is 85.0 Å². The van der Waals surface area contributed by atoms with Crippen molar-refractivity contribution in [3.05, 3.63) is 0 Å². The minimum atomic E-state index is -0.107. The van der Waals surface area contributed by atoms with Crippen LogP contribution in [0.25, 0.3) is 0 Å². The molecule has 4 unspecified atom stereocenters. The lowest BCUT2D eigenvalue weighted by Gasteiger charge is -2.59. The largest absolute Gasteiger partial charge is 0.469 e. The fraction of sp³-hybridized carbons (Fsp3) is 0.880. The van der Waals surface area contributed by atoms with Gasteiger partial charge in [-0.05, 0) is 78.9 Å². The molecular weight excluding hydrogens is 364 g/mol. The summed E-state index contributed by atoms with van der Waals surface area (Å²) in [6.45, 7) is 7.11. The molecule has 4 aliphatic carbocycles. The monoisotopic (exact) mass is 402 g/mol.